The molecule has 2 unspecified atom stereocenters. The van der Waals surface area contributed by atoms with Gasteiger partial charge in [-0.3, -0.25) is 0 Å². The second-order valence-electron chi connectivity index (χ2n) is 12.3. The molecule has 0 amide bonds. The topological polar surface area (TPSA) is 0 Å². The van der Waals surface area contributed by atoms with Crippen molar-refractivity contribution in [2.24, 2.45) is 0 Å². The average Bonchev–Trinajstić information content (AvgIpc) is 3.55. The monoisotopic (exact) mass is 676 g/mol. The number of hydrogen-bond acceptors (Lipinski definition) is 0. The molecule has 0 N–H and O–H groups in total. The number of allylic oxidation sites excluding steroid dienone is 2. The van der Waals surface area contributed by atoms with E-state index in [1.54, 1.807) is 11.1 Å². The first-order valence-electron chi connectivity index (χ1n) is 14.3. The second kappa shape index (κ2) is 9.00. The molecule has 38 heavy (non-hydrogen) atoms. The summed E-state index contributed by atoms with van der Waals surface area (Å²) in [6.45, 7) is 5.13. The van der Waals surface area contributed by atoms with Crippen LogP contribution in [0.5, 0.6) is 0 Å². The van der Waals surface area contributed by atoms with Crippen molar-refractivity contribution in [1.82, 2.24) is 0 Å². The van der Waals surface area contributed by atoms with Crippen molar-refractivity contribution < 1.29 is 20.0 Å². The molecule has 0 aromatic heterocycles. The number of hydrogen-bond donors (Lipinski definition) is 0. The second-order valence-corrected chi connectivity index (χ2v) is 33.9. The van der Waals surface area contributed by atoms with Crippen LogP contribution in [-0.2, 0) is 20.0 Å². The van der Waals surface area contributed by atoms with E-state index in [1.165, 1.54) is 45.8 Å². The molecule has 1 aliphatic heterocycles. The molecule has 2 heteroatoms. The van der Waals surface area contributed by atoms with Crippen LogP contribution < -0.4 is 0 Å². The molecule has 0 spiro atoms. The Kier molecular flexibility index (Phi) is 5.80. The average molecular weight is 675 g/mol. The van der Waals surface area contributed by atoms with E-state index in [-0.39, 0.29) is 0 Å². The van der Waals surface area contributed by atoms with Crippen molar-refractivity contribution in [3.05, 3.63) is 130 Å². The first-order valence-corrected chi connectivity index (χ1v) is 28.3. The van der Waals surface area contributed by atoms with Crippen molar-refractivity contribution in [1.29, 1.82) is 0 Å². The van der Waals surface area contributed by atoms with Gasteiger partial charge in [0.1, 0.15) is 0 Å². The van der Waals surface area contributed by atoms with E-state index in [1.807, 2.05) is 10.4 Å². The van der Waals surface area contributed by atoms with Crippen LogP contribution in [0.25, 0.3) is 34.4 Å². The van der Waals surface area contributed by atoms with Crippen molar-refractivity contribution in [3.63, 3.8) is 0 Å². The maximum atomic E-state index is 2.78. The molecule has 1 saturated heterocycles. The van der Waals surface area contributed by atoms with E-state index in [2.05, 4.69) is 132 Å². The van der Waals surface area contributed by atoms with Crippen LogP contribution in [0.3, 0.4) is 0 Å². The molecule has 0 radical (unpaired) electrons. The van der Waals surface area contributed by atoms with E-state index in [0.29, 0.717) is 7.35 Å². The van der Waals surface area contributed by atoms with Gasteiger partial charge in [0.25, 0.3) is 0 Å². The zero-order valence-electron chi connectivity index (χ0n) is 23.0. The molecule has 7 rings (SSSR count). The SMILES string of the molecule is CCC[Si]1(C)C2=Cc3c(-c4ccccc4)cccc3[CH]2[Hf]([CH3])([CH3])[CH]2C1=Cc1c(-c3ccccc3)cccc12. The van der Waals surface area contributed by atoms with Crippen molar-refractivity contribution in [3.8, 4) is 22.3 Å². The standard InChI is InChI=1S/C34H30Si.2CH3.Hf/c1-3-20-35(2,29-21-27-16-10-18-31(33(27)23-29)25-12-6-4-7-13-25)30-22-28-17-11-19-32(34(28)24-30)26-14-8-5-9-15-26;;;/h4-19,21-24H,3,20H2,1-2H3;2*1H3;. The fourth-order valence-corrected chi connectivity index (χ4v) is 40.7. The van der Waals surface area contributed by atoms with Crippen LogP contribution in [0.2, 0.25) is 22.0 Å². The third-order valence-corrected chi connectivity index (χ3v) is 32.0. The van der Waals surface area contributed by atoms with E-state index in [9.17, 15) is 0 Å². The van der Waals surface area contributed by atoms with Crippen LogP contribution in [-0.4, -0.2) is 8.07 Å². The molecular formula is C36H36HfSi. The Balaban J connectivity index is 1.47. The normalized spacial score (nSPS) is 24.1. The summed E-state index contributed by atoms with van der Waals surface area (Å²) in [6.07, 6.45) is 6.69. The van der Waals surface area contributed by atoms with Crippen LogP contribution in [0.1, 0.15) is 42.9 Å². The quantitative estimate of drug-likeness (QED) is 0.189. The summed E-state index contributed by atoms with van der Waals surface area (Å²) in [5, 5.41) is 3.72. The third kappa shape index (κ3) is 3.42. The Hall–Kier alpha value is -2.55. The van der Waals surface area contributed by atoms with Gasteiger partial charge in [0, 0.05) is 0 Å². The summed E-state index contributed by atoms with van der Waals surface area (Å²) < 4.78 is 6.94. The predicted molar refractivity (Wildman–Crippen MR) is 164 cm³/mol. The summed E-state index contributed by atoms with van der Waals surface area (Å²) in [5.41, 5.74) is 11.9. The third-order valence-electron chi connectivity index (χ3n) is 9.81. The summed E-state index contributed by atoms with van der Waals surface area (Å²) in [6, 6.07) is 37.8. The van der Waals surface area contributed by atoms with E-state index in [0.717, 1.165) is 0 Å². The molecule has 4 aromatic carbocycles. The molecule has 2 aliphatic carbocycles. The number of rotatable bonds is 4. The summed E-state index contributed by atoms with van der Waals surface area (Å²) in [7, 11) is -1.85. The van der Waals surface area contributed by atoms with Gasteiger partial charge in [-0.1, -0.05) is 0 Å². The molecule has 0 bridgehead atoms. The van der Waals surface area contributed by atoms with Gasteiger partial charge in [-0.15, -0.1) is 0 Å². The van der Waals surface area contributed by atoms with Crippen molar-refractivity contribution in [2.45, 2.75) is 42.6 Å². The first kappa shape index (κ1) is 24.5. The van der Waals surface area contributed by atoms with Gasteiger partial charge in [0.05, 0.1) is 0 Å². The van der Waals surface area contributed by atoms with Gasteiger partial charge < -0.3 is 0 Å². The Morgan fingerprint density at radius 3 is 1.47 bits per heavy atom. The van der Waals surface area contributed by atoms with Crippen molar-refractivity contribution >= 4 is 20.2 Å². The zero-order valence-corrected chi connectivity index (χ0v) is 27.6. The minimum atomic E-state index is -2.97. The summed E-state index contributed by atoms with van der Waals surface area (Å²) in [4.78, 5) is 0. The van der Waals surface area contributed by atoms with Gasteiger partial charge >= 0.3 is 235 Å². The predicted octanol–water partition coefficient (Wildman–Crippen LogP) is 10.4. The van der Waals surface area contributed by atoms with Gasteiger partial charge in [0.15, 0.2) is 0 Å². The Labute approximate surface area is 233 Å². The van der Waals surface area contributed by atoms with Crippen LogP contribution in [0, 0.1) is 0 Å². The molecule has 188 valence electrons. The fraction of sp³-hybridized carbons (Fsp3) is 0.222. The van der Waals surface area contributed by atoms with Crippen LogP contribution in [0.4, 0.5) is 0 Å². The van der Waals surface area contributed by atoms with E-state index < -0.39 is 28.0 Å². The van der Waals surface area contributed by atoms with E-state index in [4.69, 9.17) is 0 Å². The number of fused-ring (bicyclic) bond motifs is 6. The fourth-order valence-electron chi connectivity index (χ4n) is 8.22. The molecular weight excluding hydrogens is 639 g/mol. The van der Waals surface area contributed by atoms with E-state index >= 15 is 0 Å². The molecule has 2 atom stereocenters. The number of benzene rings is 4. The van der Waals surface area contributed by atoms with Crippen molar-refractivity contribution in [2.75, 3.05) is 0 Å². The summed E-state index contributed by atoms with van der Waals surface area (Å²) in [5.74, 6) is 0. The Morgan fingerprint density at radius 1 is 0.605 bits per heavy atom. The molecule has 1 fully saturated rings. The maximum absolute atomic E-state index is 2.97. The Bertz CT molecular complexity index is 1500. The zero-order chi connectivity index (χ0) is 26.1. The molecule has 4 aromatic rings. The first-order chi connectivity index (χ1) is 18.4. The van der Waals surface area contributed by atoms with Gasteiger partial charge in [-0.05, 0) is 0 Å². The van der Waals surface area contributed by atoms with Gasteiger partial charge in [-0.2, -0.15) is 0 Å². The van der Waals surface area contributed by atoms with Gasteiger partial charge in [0.2, 0.25) is 0 Å². The Morgan fingerprint density at radius 2 is 1.05 bits per heavy atom. The molecule has 3 aliphatic rings. The molecule has 1 heterocycles. The van der Waals surface area contributed by atoms with Crippen LogP contribution >= 0.6 is 0 Å². The van der Waals surface area contributed by atoms with Crippen LogP contribution in [0.15, 0.2) is 107 Å². The van der Waals surface area contributed by atoms with Gasteiger partial charge in [-0.25, -0.2) is 0 Å². The summed E-state index contributed by atoms with van der Waals surface area (Å²) >= 11 is -2.97. The molecule has 0 saturated carbocycles. The minimum absolute atomic E-state index is 0.692. The molecule has 0 nitrogen and oxygen atoms in total.